The predicted octanol–water partition coefficient (Wildman–Crippen LogP) is -1.80. The zero-order chi connectivity index (χ0) is 11.4. The van der Waals surface area contributed by atoms with E-state index in [-0.39, 0.29) is 6.61 Å². The molecule has 1 rings (SSSR count). The number of aliphatic hydroxyl groups excluding tert-OH is 3. The maximum absolute atomic E-state index is 9.71. The Balaban J connectivity index is 2.85. The Hall–Kier alpha value is -0.785. The van der Waals surface area contributed by atoms with Gasteiger partial charge in [-0.1, -0.05) is 11.4 Å². The van der Waals surface area contributed by atoms with Crippen LogP contribution in [0.25, 0.3) is 10.4 Å². The minimum absolute atomic E-state index is 0.373. The van der Waals surface area contributed by atoms with Crippen molar-refractivity contribution in [1.29, 1.82) is 0 Å². The SMILES string of the molecule is BC[C@H]1OC(CO)[C@H](O)[C@H](N=[N+]=[N-])C1O. The molecule has 1 aliphatic rings. The Bertz CT molecular complexity index is 245. The Morgan fingerprint density at radius 3 is 2.40 bits per heavy atom. The molecule has 0 aromatic carbocycles. The predicted molar refractivity (Wildman–Crippen MR) is 54.0 cm³/mol. The minimum Gasteiger partial charge on any atom is -0.394 e. The summed E-state index contributed by atoms with van der Waals surface area (Å²) in [4.78, 5) is 2.57. The number of ether oxygens (including phenoxy) is 1. The summed E-state index contributed by atoms with van der Waals surface area (Å²) in [6.45, 7) is -0.373. The molecule has 8 heteroatoms. The van der Waals surface area contributed by atoms with Crippen molar-refractivity contribution < 1.29 is 20.1 Å². The molecule has 1 aliphatic heterocycles. The second-order valence-electron chi connectivity index (χ2n) is 3.48. The van der Waals surface area contributed by atoms with Crippen LogP contribution in [0, 0.1) is 0 Å². The molecule has 0 aromatic heterocycles. The van der Waals surface area contributed by atoms with E-state index in [0.29, 0.717) is 6.32 Å². The van der Waals surface area contributed by atoms with Crippen LogP contribution in [0.2, 0.25) is 6.32 Å². The maximum Gasteiger partial charge on any atom is 0.107 e. The van der Waals surface area contributed by atoms with E-state index in [0.717, 1.165) is 0 Å². The van der Waals surface area contributed by atoms with Crippen LogP contribution in [0.3, 0.4) is 0 Å². The van der Waals surface area contributed by atoms with E-state index in [2.05, 4.69) is 10.0 Å². The van der Waals surface area contributed by atoms with Crippen molar-refractivity contribution in [3.8, 4) is 0 Å². The highest BCUT2D eigenvalue weighted by atomic mass is 16.5. The van der Waals surface area contributed by atoms with Crippen LogP contribution in [0.4, 0.5) is 0 Å². The van der Waals surface area contributed by atoms with E-state index in [4.69, 9.17) is 15.4 Å². The third-order valence-corrected chi connectivity index (χ3v) is 2.58. The van der Waals surface area contributed by atoms with E-state index in [1.165, 1.54) is 0 Å². The topological polar surface area (TPSA) is 119 Å². The van der Waals surface area contributed by atoms with Crippen LogP contribution in [-0.4, -0.2) is 60.2 Å². The molecule has 0 aromatic rings. The minimum atomic E-state index is -1.18. The summed E-state index contributed by atoms with van der Waals surface area (Å²) < 4.78 is 5.25. The Morgan fingerprint density at radius 2 is 1.93 bits per heavy atom. The maximum atomic E-state index is 9.71. The molecule has 84 valence electrons. The fourth-order valence-corrected chi connectivity index (χ4v) is 1.71. The Labute approximate surface area is 87.7 Å². The summed E-state index contributed by atoms with van der Waals surface area (Å²) in [6.07, 6.45) is -3.04. The van der Waals surface area contributed by atoms with Gasteiger partial charge >= 0.3 is 0 Å². The smallest absolute Gasteiger partial charge is 0.107 e. The zero-order valence-corrected chi connectivity index (χ0v) is 8.39. The van der Waals surface area contributed by atoms with Gasteiger partial charge in [0.2, 0.25) is 0 Å². The highest BCUT2D eigenvalue weighted by molar-refractivity contribution is 6.08. The molecule has 0 amide bonds. The first-order valence-electron chi connectivity index (χ1n) is 4.82. The second-order valence-corrected chi connectivity index (χ2v) is 3.48. The molecular weight excluding hydrogens is 201 g/mol. The molecule has 0 spiro atoms. The molecule has 0 aliphatic carbocycles. The first kappa shape index (κ1) is 12.3. The summed E-state index contributed by atoms with van der Waals surface area (Å²) in [5.74, 6) is 0. The fourth-order valence-electron chi connectivity index (χ4n) is 1.71. The lowest BCUT2D eigenvalue weighted by atomic mass is 9.86. The third-order valence-electron chi connectivity index (χ3n) is 2.58. The average molecular weight is 215 g/mol. The van der Waals surface area contributed by atoms with Gasteiger partial charge in [-0.3, -0.25) is 0 Å². The van der Waals surface area contributed by atoms with Crippen LogP contribution in [0.1, 0.15) is 0 Å². The van der Waals surface area contributed by atoms with Gasteiger partial charge < -0.3 is 20.1 Å². The molecule has 0 saturated carbocycles. The standard InChI is InChI=1S/C7H14BN3O4/c8-1-3-6(13)5(10-11-9)7(14)4(2-12)15-3/h3-7,12-14H,1-2,8H2/t3-,4?,5-,6?,7+/m1/s1. The van der Waals surface area contributed by atoms with Crippen LogP contribution in [0.15, 0.2) is 5.11 Å². The number of azide groups is 1. The van der Waals surface area contributed by atoms with Crippen LogP contribution < -0.4 is 0 Å². The summed E-state index contributed by atoms with van der Waals surface area (Å²) in [5, 5.41) is 31.6. The van der Waals surface area contributed by atoms with Gasteiger partial charge in [-0.05, 0) is 5.53 Å². The van der Waals surface area contributed by atoms with Gasteiger partial charge in [0, 0.05) is 4.91 Å². The van der Waals surface area contributed by atoms with Crippen molar-refractivity contribution in [2.45, 2.75) is 36.8 Å². The van der Waals surface area contributed by atoms with Gasteiger partial charge in [0.1, 0.15) is 14.0 Å². The summed E-state index contributed by atoms with van der Waals surface area (Å²) in [7, 11) is 1.80. The zero-order valence-electron chi connectivity index (χ0n) is 8.39. The first-order chi connectivity index (χ1) is 7.15. The van der Waals surface area contributed by atoms with Crippen molar-refractivity contribution in [3.05, 3.63) is 10.4 Å². The Kier molecular flexibility index (Phi) is 4.37. The Morgan fingerprint density at radius 1 is 1.33 bits per heavy atom. The monoisotopic (exact) mass is 215 g/mol. The van der Waals surface area contributed by atoms with Crippen LogP contribution in [-0.2, 0) is 4.74 Å². The lowest BCUT2D eigenvalue weighted by molar-refractivity contribution is -0.182. The molecule has 3 N–H and O–H groups in total. The second kappa shape index (κ2) is 5.34. The van der Waals surface area contributed by atoms with Crippen LogP contribution in [0.5, 0.6) is 0 Å². The number of hydrogen-bond donors (Lipinski definition) is 3. The molecule has 15 heavy (non-hydrogen) atoms. The number of rotatable bonds is 3. The van der Waals surface area contributed by atoms with Gasteiger partial charge in [0.25, 0.3) is 0 Å². The first-order valence-corrected chi connectivity index (χ1v) is 4.82. The quantitative estimate of drug-likeness (QED) is 0.222. The van der Waals surface area contributed by atoms with Crippen LogP contribution >= 0.6 is 0 Å². The van der Waals surface area contributed by atoms with Gasteiger partial charge in [0.05, 0.1) is 31.0 Å². The normalized spacial score (nSPS) is 40.9. The van der Waals surface area contributed by atoms with Crippen molar-refractivity contribution in [2.75, 3.05) is 6.61 Å². The molecule has 0 bridgehead atoms. The number of aliphatic hydroxyl groups is 3. The van der Waals surface area contributed by atoms with Gasteiger partial charge in [-0.15, -0.1) is 0 Å². The summed E-state index contributed by atoms with van der Waals surface area (Å²) in [6, 6.07) is -0.967. The van der Waals surface area contributed by atoms with Gasteiger partial charge in [-0.2, -0.15) is 0 Å². The van der Waals surface area contributed by atoms with E-state index < -0.39 is 30.5 Å². The molecular formula is C7H14BN3O4. The number of hydrogen-bond acceptors (Lipinski definition) is 5. The third kappa shape index (κ3) is 2.42. The highest BCUT2D eigenvalue weighted by Crippen LogP contribution is 2.24. The lowest BCUT2D eigenvalue weighted by Gasteiger charge is -2.40. The molecule has 0 radical (unpaired) electrons. The molecule has 7 nitrogen and oxygen atoms in total. The van der Waals surface area contributed by atoms with Gasteiger partial charge in [-0.25, -0.2) is 0 Å². The molecule has 1 saturated heterocycles. The summed E-state index contributed by atoms with van der Waals surface area (Å²) >= 11 is 0. The van der Waals surface area contributed by atoms with E-state index >= 15 is 0 Å². The van der Waals surface area contributed by atoms with Gasteiger partial charge in [0.15, 0.2) is 0 Å². The van der Waals surface area contributed by atoms with Crippen molar-refractivity contribution in [1.82, 2.24) is 0 Å². The lowest BCUT2D eigenvalue weighted by Crippen LogP contribution is -2.57. The average Bonchev–Trinajstić information content (AvgIpc) is 2.25. The van der Waals surface area contributed by atoms with Crippen molar-refractivity contribution in [3.63, 3.8) is 0 Å². The molecule has 5 atom stereocenters. The molecule has 1 fully saturated rings. The van der Waals surface area contributed by atoms with Crippen molar-refractivity contribution in [2.24, 2.45) is 5.11 Å². The van der Waals surface area contributed by atoms with E-state index in [1.54, 1.807) is 7.85 Å². The number of nitrogens with zero attached hydrogens (tertiary/aromatic N) is 3. The fraction of sp³-hybridized carbons (Fsp3) is 1.00. The van der Waals surface area contributed by atoms with E-state index in [1.807, 2.05) is 0 Å². The largest absolute Gasteiger partial charge is 0.394 e. The van der Waals surface area contributed by atoms with E-state index in [9.17, 15) is 10.2 Å². The molecule has 2 unspecified atom stereocenters. The van der Waals surface area contributed by atoms with Crippen molar-refractivity contribution >= 4 is 7.85 Å². The highest BCUT2D eigenvalue weighted by Gasteiger charge is 2.42. The summed E-state index contributed by atoms with van der Waals surface area (Å²) in [5.41, 5.74) is 8.30. The molecule has 1 heterocycles.